The van der Waals surface area contributed by atoms with Crippen LogP contribution in [0.4, 0.5) is 0 Å². The summed E-state index contributed by atoms with van der Waals surface area (Å²) in [6.45, 7) is 11.4. The van der Waals surface area contributed by atoms with Crippen molar-refractivity contribution in [2.45, 2.75) is 52.3 Å². The molecule has 3 rings (SSSR count). The standard InChI is InChI=1S/C26H34N2O2/c1-4-28(5-2)24-13-15-27(16-14-24)19-23-18-21(17-20(3)26(23)30)11-12-25(29)22-9-7-6-8-10-22/h6-10,17-18,24-25,29-30H,4-5,13-16,19H2,1-3H3. The van der Waals surface area contributed by atoms with E-state index in [4.69, 9.17) is 0 Å². The Morgan fingerprint density at radius 3 is 2.40 bits per heavy atom. The fourth-order valence-corrected chi connectivity index (χ4v) is 4.34. The highest BCUT2D eigenvalue weighted by molar-refractivity contribution is 5.49. The van der Waals surface area contributed by atoms with Crippen LogP contribution < -0.4 is 0 Å². The number of rotatable bonds is 6. The van der Waals surface area contributed by atoms with E-state index in [1.165, 1.54) is 12.8 Å². The molecule has 2 aromatic rings. The van der Waals surface area contributed by atoms with Gasteiger partial charge in [-0.3, -0.25) is 4.90 Å². The second-order valence-corrected chi connectivity index (χ2v) is 8.11. The summed E-state index contributed by atoms with van der Waals surface area (Å²) in [5, 5.41) is 20.9. The lowest BCUT2D eigenvalue weighted by Crippen LogP contribution is -2.44. The van der Waals surface area contributed by atoms with E-state index in [0.29, 0.717) is 11.8 Å². The average molecular weight is 407 g/mol. The van der Waals surface area contributed by atoms with Crippen LogP contribution in [0.3, 0.4) is 0 Å². The summed E-state index contributed by atoms with van der Waals surface area (Å²) in [5.74, 6) is 6.37. The van der Waals surface area contributed by atoms with Crippen molar-refractivity contribution in [2.75, 3.05) is 26.2 Å². The molecule has 1 aliphatic rings. The summed E-state index contributed by atoms with van der Waals surface area (Å²) in [7, 11) is 0. The van der Waals surface area contributed by atoms with Crippen LogP contribution in [0, 0.1) is 18.8 Å². The summed E-state index contributed by atoms with van der Waals surface area (Å²) < 4.78 is 0. The van der Waals surface area contributed by atoms with Gasteiger partial charge in [0.1, 0.15) is 11.9 Å². The zero-order chi connectivity index (χ0) is 21.5. The predicted molar refractivity (Wildman–Crippen MR) is 122 cm³/mol. The molecule has 1 atom stereocenters. The van der Waals surface area contributed by atoms with Crippen LogP contribution in [-0.2, 0) is 6.54 Å². The molecule has 0 spiro atoms. The first-order valence-corrected chi connectivity index (χ1v) is 11.0. The number of benzene rings is 2. The fourth-order valence-electron chi connectivity index (χ4n) is 4.34. The first-order valence-electron chi connectivity index (χ1n) is 11.0. The Hall–Kier alpha value is -2.32. The minimum Gasteiger partial charge on any atom is -0.507 e. The third kappa shape index (κ3) is 5.64. The van der Waals surface area contributed by atoms with Gasteiger partial charge in [0.2, 0.25) is 0 Å². The number of aliphatic hydroxyl groups is 1. The molecule has 0 bridgehead atoms. The lowest BCUT2D eigenvalue weighted by Gasteiger charge is -2.37. The highest BCUT2D eigenvalue weighted by Gasteiger charge is 2.23. The van der Waals surface area contributed by atoms with E-state index in [1.807, 2.05) is 49.4 Å². The van der Waals surface area contributed by atoms with Crippen molar-refractivity contribution in [3.63, 3.8) is 0 Å². The average Bonchev–Trinajstić information content (AvgIpc) is 2.78. The van der Waals surface area contributed by atoms with E-state index in [9.17, 15) is 10.2 Å². The topological polar surface area (TPSA) is 46.9 Å². The largest absolute Gasteiger partial charge is 0.507 e. The number of nitrogens with zero attached hydrogens (tertiary/aromatic N) is 2. The van der Waals surface area contributed by atoms with E-state index >= 15 is 0 Å². The molecule has 4 nitrogen and oxygen atoms in total. The number of phenols is 1. The van der Waals surface area contributed by atoms with Gasteiger partial charge in [-0.05, 0) is 69.2 Å². The van der Waals surface area contributed by atoms with Crippen molar-refractivity contribution < 1.29 is 10.2 Å². The van der Waals surface area contributed by atoms with Crippen LogP contribution in [0.2, 0.25) is 0 Å². The van der Waals surface area contributed by atoms with E-state index < -0.39 is 6.10 Å². The number of piperidine rings is 1. The van der Waals surface area contributed by atoms with E-state index in [-0.39, 0.29) is 0 Å². The van der Waals surface area contributed by atoms with Gasteiger partial charge in [0.15, 0.2) is 0 Å². The minimum absolute atomic E-state index is 0.357. The number of phenolic OH excluding ortho intramolecular Hbond substituents is 1. The Morgan fingerprint density at radius 2 is 1.77 bits per heavy atom. The Balaban J connectivity index is 1.68. The molecule has 1 unspecified atom stereocenters. The molecule has 1 aliphatic heterocycles. The normalized spacial score (nSPS) is 16.3. The maximum Gasteiger partial charge on any atom is 0.140 e. The van der Waals surface area contributed by atoms with E-state index in [0.717, 1.165) is 55.0 Å². The molecular weight excluding hydrogens is 372 g/mol. The number of aromatic hydroxyl groups is 1. The van der Waals surface area contributed by atoms with Gasteiger partial charge >= 0.3 is 0 Å². The molecular formula is C26H34N2O2. The van der Waals surface area contributed by atoms with Crippen molar-refractivity contribution in [1.82, 2.24) is 9.80 Å². The summed E-state index contributed by atoms with van der Waals surface area (Å²) in [6, 6.07) is 14.0. The smallest absolute Gasteiger partial charge is 0.140 e. The second kappa shape index (κ2) is 10.6. The maximum atomic E-state index is 10.6. The van der Waals surface area contributed by atoms with E-state index in [1.54, 1.807) is 0 Å². The Kier molecular flexibility index (Phi) is 7.93. The Labute approximate surface area is 181 Å². The van der Waals surface area contributed by atoms with Crippen LogP contribution in [0.25, 0.3) is 0 Å². The molecule has 0 radical (unpaired) electrons. The maximum absolute atomic E-state index is 10.6. The SMILES string of the molecule is CCN(CC)C1CCN(Cc2cc(C#CC(O)c3ccccc3)cc(C)c2O)CC1. The molecule has 2 N–H and O–H groups in total. The van der Waals surface area contributed by atoms with Crippen LogP contribution in [-0.4, -0.2) is 52.2 Å². The first kappa shape index (κ1) is 22.4. The molecule has 0 aliphatic carbocycles. The molecule has 0 amide bonds. The Bertz CT molecular complexity index is 873. The second-order valence-electron chi connectivity index (χ2n) is 8.11. The van der Waals surface area contributed by atoms with Crippen LogP contribution >= 0.6 is 0 Å². The van der Waals surface area contributed by atoms with Crippen molar-refractivity contribution >= 4 is 0 Å². The fraction of sp³-hybridized carbons (Fsp3) is 0.462. The van der Waals surface area contributed by atoms with Crippen molar-refractivity contribution in [3.05, 3.63) is 64.7 Å². The van der Waals surface area contributed by atoms with Gasteiger partial charge in [-0.1, -0.05) is 56.0 Å². The monoisotopic (exact) mass is 406 g/mol. The lowest BCUT2D eigenvalue weighted by atomic mass is 10.0. The number of hydrogen-bond acceptors (Lipinski definition) is 4. The quantitative estimate of drug-likeness (QED) is 0.710. The molecule has 0 saturated carbocycles. The van der Waals surface area contributed by atoms with Crippen LogP contribution in [0.1, 0.15) is 55.0 Å². The van der Waals surface area contributed by atoms with Gasteiger partial charge in [0, 0.05) is 23.7 Å². The van der Waals surface area contributed by atoms with Crippen LogP contribution in [0.15, 0.2) is 42.5 Å². The Morgan fingerprint density at radius 1 is 1.10 bits per heavy atom. The van der Waals surface area contributed by atoms with Gasteiger partial charge < -0.3 is 15.1 Å². The third-order valence-electron chi connectivity index (χ3n) is 6.13. The molecule has 1 saturated heterocycles. The van der Waals surface area contributed by atoms with Gasteiger partial charge in [0.25, 0.3) is 0 Å². The summed E-state index contributed by atoms with van der Waals surface area (Å²) in [6.07, 6.45) is 1.52. The number of aryl methyl sites for hydroxylation is 1. The van der Waals surface area contributed by atoms with Crippen molar-refractivity contribution in [2.24, 2.45) is 0 Å². The highest BCUT2D eigenvalue weighted by atomic mass is 16.3. The van der Waals surface area contributed by atoms with Gasteiger partial charge in [0.05, 0.1) is 0 Å². The summed E-state index contributed by atoms with van der Waals surface area (Å²) >= 11 is 0. The van der Waals surface area contributed by atoms with Crippen molar-refractivity contribution in [3.8, 4) is 17.6 Å². The van der Waals surface area contributed by atoms with Gasteiger partial charge in [-0.25, -0.2) is 0 Å². The van der Waals surface area contributed by atoms with Gasteiger partial charge in [-0.2, -0.15) is 0 Å². The number of hydrogen-bond donors (Lipinski definition) is 2. The third-order valence-corrected chi connectivity index (χ3v) is 6.13. The van der Waals surface area contributed by atoms with Gasteiger partial charge in [-0.15, -0.1) is 0 Å². The zero-order valence-electron chi connectivity index (χ0n) is 18.4. The molecule has 1 heterocycles. The number of likely N-dealkylation sites (tertiary alicyclic amines) is 1. The number of aliphatic hydroxyl groups excluding tert-OH is 1. The summed E-state index contributed by atoms with van der Waals surface area (Å²) in [5.41, 5.74) is 3.35. The summed E-state index contributed by atoms with van der Waals surface area (Å²) in [4.78, 5) is 4.97. The molecule has 0 aromatic heterocycles. The minimum atomic E-state index is -0.817. The lowest BCUT2D eigenvalue weighted by molar-refractivity contribution is 0.112. The molecule has 30 heavy (non-hydrogen) atoms. The first-order chi connectivity index (χ1) is 14.5. The molecule has 2 aromatic carbocycles. The van der Waals surface area contributed by atoms with Crippen LogP contribution in [0.5, 0.6) is 5.75 Å². The molecule has 4 heteroatoms. The molecule has 1 fully saturated rings. The van der Waals surface area contributed by atoms with Crippen molar-refractivity contribution in [1.29, 1.82) is 0 Å². The van der Waals surface area contributed by atoms with E-state index in [2.05, 4.69) is 35.5 Å². The predicted octanol–water partition coefficient (Wildman–Crippen LogP) is 4.09. The molecule has 160 valence electrons. The highest BCUT2D eigenvalue weighted by Crippen LogP contribution is 2.27. The zero-order valence-corrected chi connectivity index (χ0v) is 18.4.